The third kappa shape index (κ3) is 4.22. The molecular weight excluding hydrogens is 312 g/mol. The molecule has 2 atom stereocenters. The van der Waals surface area contributed by atoms with Crippen LogP contribution in [0, 0.1) is 5.92 Å². The summed E-state index contributed by atoms with van der Waals surface area (Å²) in [7, 11) is 0. The molecule has 3 rings (SSSR count). The lowest BCUT2D eigenvalue weighted by atomic mass is 9.96. The van der Waals surface area contributed by atoms with E-state index in [0.717, 1.165) is 57.2 Å². The van der Waals surface area contributed by atoms with Crippen LogP contribution in [0.4, 0.5) is 5.13 Å². The Hall–Kier alpha value is -1.18. The number of thiazole rings is 1. The minimum Gasteiger partial charge on any atom is -0.392 e. The highest BCUT2D eigenvalue weighted by atomic mass is 32.1. The average Bonchev–Trinajstić information content (AvgIpc) is 3.09. The minimum absolute atomic E-state index is 0.0935. The number of β-amino-alcohol motifs (C(OH)–C–C–N with tert-alkyl or cyclic N) is 1. The summed E-state index contributed by atoms with van der Waals surface area (Å²) in [6, 6.07) is 0. The molecule has 2 saturated heterocycles. The maximum absolute atomic E-state index is 12.8. The van der Waals surface area contributed by atoms with Crippen molar-refractivity contribution < 1.29 is 9.90 Å². The molecule has 0 saturated carbocycles. The Kier molecular flexibility index (Phi) is 5.50. The lowest BCUT2D eigenvalue weighted by molar-refractivity contribution is -0.137. The van der Waals surface area contributed by atoms with Crippen molar-refractivity contribution in [2.24, 2.45) is 5.92 Å². The fraction of sp³-hybridized carbons (Fsp3) is 0.750. The molecule has 0 spiro atoms. The molecule has 0 unspecified atom stereocenters. The summed E-state index contributed by atoms with van der Waals surface area (Å²) < 4.78 is 0. The van der Waals surface area contributed by atoms with Crippen LogP contribution >= 0.6 is 11.3 Å². The molecule has 23 heavy (non-hydrogen) atoms. The van der Waals surface area contributed by atoms with Crippen molar-refractivity contribution in [3.8, 4) is 0 Å². The highest BCUT2D eigenvalue weighted by Gasteiger charge is 2.31. The molecule has 1 aromatic heterocycles. The van der Waals surface area contributed by atoms with Crippen LogP contribution in [-0.2, 0) is 4.79 Å². The van der Waals surface area contributed by atoms with Crippen LogP contribution in [0.3, 0.4) is 0 Å². The number of carbonyl (C=O) groups is 1. The van der Waals surface area contributed by atoms with Crippen molar-refractivity contribution in [1.29, 1.82) is 0 Å². The molecule has 2 aliphatic rings. The molecule has 2 fully saturated rings. The van der Waals surface area contributed by atoms with Gasteiger partial charge in [0.1, 0.15) is 0 Å². The van der Waals surface area contributed by atoms with Gasteiger partial charge in [-0.15, -0.1) is 11.3 Å². The molecule has 6 nitrogen and oxygen atoms in total. The molecule has 3 heterocycles. The topological polar surface area (TPSA) is 59.9 Å². The van der Waals surface area contributed by atoms with E-state index in [1.807, 2.05) is 23.4 Å². The molecule has 0 aliphatic carbocycles. The summed E-state index contributed by atoms with van der Waals surface area (Å²) in [6.45, 7) is 7.58. The van der Waals surface area contributed by atoms with Crippen LogP contribution in [0.2, 0.25) is 0 Å². The van der Waals surface area contributed by atoms with Gasteiger partial charge in [0.15, 0.2) is 5.13 Å². The van der Waals surface area contributed by atoms with E-state index in [2.05, 4.69) is 14.8 Å². The van der Waals surface area contributed by atoms with Crippen molar-refractivity contribution in [2.45, 2.75) is 25.9 Å². The zero-order valence-electron chi connectivity index (χ0n) is 13.7. The van der Waals surface area contributed by atoms with Crippen molar-refractivity contribution in [1.82, 2.24) is 14.8 Å². The van der Waals surface area contributed by atoms with Gasteiger partial charge in [0, 0.05) is 57.4 Å². The van der Waals surface area contributed by atoms with E-state index in [4.69, 9.17) is 0 Å². The number of carbonyl (C=O) groups excluding carboxylic acids is 1. The number of amides is 1. The number of hydrogen-bond donors (Lipinski definition) is 1. The van der Waals surface area contributed by atoms with Gasteiger partial charge in [-0.05, 0) is 19.8 Å². The number of rotatable bonds is 4. The first-order valence-corrected chi connectivity index (χ1v) is 9.35. The predicted molar refractivity (Wildman–Crippen MR) is 91.8 cm³/mol. The second-order valence-electron chi connectivity index (χ2n) is 6.57. The van der Waals surface area contributed by atoms with E-state index in [0.29, 0.717) is 12.5 Å². The molecule has 128 valence electrons. The molecule has 0 bridgehead atoms. The normalized spacial score (nSPS) is 24.7. The zero-order valence-corrected chi connectivity index (χ0v) is 14.5. The van der Waals surface area contributed by atoms with Crippen molar-refractivity contribution in [3.05, 3.63) is 11.6 Å². The largest absolute Gasteiger partial charge is 0.392 e. The smallest absolute Gasteiger partial charge is 0.227 e. The van der Waals surface area contributed by atoms with Gasteiger partial charge < -0.3 is 14.9 Å². The van der Waals surface area contributed by atoms with Crippen molar-refractivity contribution in [3.63, 3.8) is 0 Å². The quantitative estimate of drug-likeness (QED) is 0.883. The van der Waals surface area contributed by atoms with Gasteiger partial charge in [-0.3, -0.25) is 9.69 Å². The maximum Gasteiger partial charge on any atom is 0.227 e. The van der Waals surface area contributed by atoms with E-state index in [1.165, 1.54) is 0 Å². The number of hydrogen-bond acceptors (Lipinski definition) is 6. The highest BCUT2D eigenvalue weighted by molar-refractivity contribution is 7.13. The molecule has 1 aromatic rings. The molecule has 2 aliphatic heterocycles. The Labute approximate surface area is 141 Å². The second kappa shape index (κ2) is 7.59. The van der Waals surface area contributed by atoms with Crippen LogP contribution in [0.15, 0.2) is 11.6 Å². The molecule has 1 N–H and O–H groups in total. The fourth-order valence-electron chi connectivity index (χ4n) is 3.51. The third-order valence-corrected chi connectivity index (χ3v) is 5.50. The summed E-state index contributed by atoms with van der Waals surface area (Å²) >= 11 is 1.64. The summed E-state index contributed by atoms with van der Waals surface area (Å²) in [5.41, 5.74) is 0. The number of anilines is 1. The number of nitrogens with zero attached hydrogens (tertiary/aromatic N) is 4. The van der Waals surface area contributed by atoms with Crippen LogP contribution in [0.1, 0.15) is 19.8 Å². The average molecular weight is 338 g/mol. The maximum atomic E-state index is 12.8. The molecule has 1 amide bonds. The van der Waals surface area contributed by atoms with Crippen LogP contribution in [0.25, 0.3) is 0 Å². The van der Waals surface area contributed by atoms with Gasteiger partial charge in [0.05, 0.1) is 12.0 Å². The van der Waals surface area contributed by atoms with Gasteiger partial charge in [-0.2, -0.15) is 0 Å². The van der Waals surface area contributed by atoms with Gasteiger partial charge in [0.25, 0.3) is 0 Å². The van der Waals surface area contributed by atoms with Crippen LogP contribution < -0.4 is 4.90 Å². The first-order chi connectivity index (χ1) is 11.1. The van der Waals surface area contributed by atoms with E-state index < -0.39 is 0 Å². The Balaban J connectivity index is 1.52. The predicted octanol–water partition coefficient (Wildman–Crippen LogP) is 0.884. The van der Waals surface area contributed by atoms with E-state index in [9.17, 15) is 9.90 Å². The first kappa shape index (κ1) is 16.7. The number of aliphatic hydroxyl groups excluding tert-OH is 1. The Morgan fingerprint density at radius 1 is 1.39 bits per heavy atom. The summed E-state index contributed by atoms with van der Waals surface area (Å²) in [4.78, 5) is 23.7. The molecule has 0 radical (unpaired) electrons. The van der Waals surface area contributed by atoms with Crippen LogP contribution in [-0.4, -0.2) is 77.7 Å². The van der Waals surface area contributed by atoms with Crippen molar-refractivity contribution >= 4 is 22.4 Å². The monoisotopic (exact) mass is 338 g/mol. The molecular formula is C16H26N4O2S. The van der Waals surface area contributed by atoms with E-state index in [1.54, 1.807) is 11.3 Å². The SMILES string of the molecule is C[C@@H](O)CN1CCN(C(=O)[C@@H]2CCCN(c3nccs3)C2)CC1. The van der Waals surface area contributed by atoms with E-state index >= 15 is 0 Å². The van der Waals surface area contributed by atoms with Crippen molar-refractivity contribution in [2.75, 3.05) is 50.7 Å². The standard InChI is InChI=1S/C16H26N4O2S/c1-13(21)11-18-6-8-19(9-7-18)15(22)14-3-2-5-20(12-14)16-17-4-10-23-16/h4,10,13-14,21H,2-3,5-9,11-12H2,1H3/t13-,14-/m1/s1. The number of piperidine rings is 1. The summed E-state index contributed by atoms with van der Waals surface area (Å²) in [6.07, 6.45) is 3.56. The second-order valence-corrected chi connectivity index (χ2v) is 7.45. The summed E-state index contributed by atoms with van der Waals surface area (Å²) in [5, 5.41) is 12.5. The first-order valence-electron chi connectivity index (χ1n) is 8.47. The molecule has 0 aromatic carbocycles. The number of aliphatic hydroxyl groups is 1. The van der Waals surface area contributed by atoms with Gasteiger partial charge in [0.2, 0.25) is 5.91 Å². The van der Waals surface area contributed by atoms with Gasteiger partial charge in [-0.25, -0.2) is 4.98 Å². The minimum atomic E-state index is -0.303. The van der Waals surface area contributed by atoms with E-state index in [-0.39, 0.29) is 12.0 Å². The van der Waals surface area contributed by atoms with Gasteiger partial charge >= 0.3 is 0 Å². The Morgan fingerprint density at radius 3 is 2.83 bits per heavy atom. The Morgan fingerprint density at radius 2 is 2.17 bits per heavy atom. The lowest BCUT2D eigenvalue weighted by Gasteiger charge is -2.39. The van der Waals surface area contributed by atoms with Gasteiger partial charge in [-0.1, -0.05) is 0 Å². The number of aromatic nitrogens is 1. The third-order valence-electron chi connectivity index (χ3n) is 4.67. The lowest BCUT2D eigenvalue weighted by Crippen LogP contribution is -2.53. The number of piperazine rings is 1. The highest BCUT2D eigenvalue weighted by Crippen LogP contribution is 2.26. The zero-order chi connectivity index (χ0) is 16.2. The summed E-state index contributed by atoms with van der Waals surface area (Å²) in [5.74, 6) is 0.388. The molecule has 7 heteroatoms. The van der Waals surface area contributed by atoms with Crippen LogP contribution in [0.5, 0.6) is 0 Å². The fourth-order valence-corrected chi connectivity index (χ4v) is 4.19. The Bertz CT molecular complexity index is 500.